The number of hydrogen-bond donors (Lipinski definition) is 0. The second kappa shape index (κ2) is 2.57. The Kier molecular flexibility index (Phi) is 1.58. The van der Waals surface area contributed by atoms with Crippen molar-refractivity contribution in [3.63, 3.8) is 0 Å². The first kappa shape index (κ1) is 7.98. The molecule has 2 aliphatic carbocycles. The molecule has 2 nitrogen and oxygen atoms in total. The second-order valence-electron chi connectivity index (χ2n) is 4.90. The summed E-state index contributed by atoms with van der Waals surface area (Å²) in [6, 6.07) is 0. The number of piperidine rings is 1. The van der Waals surface area contributed by atoms with Crippen LogP contribution < -0.4 is 0 Å². The largest absolute Gasteiger partial charge is 0.300 e. The van der Waals surface area contributed by atoms with Crippen LogP contribution in [0.25, 0.3) is 0 Å². The summed E-state index contributed by atoms with van der Waals surface area (Å²) in [6.07, 6.45) is 7.34. The molecule has 0 spiro atoms. The average Bonchev–Trinajstić information content (AvgIpc) is 3.00. The fourth-order valence-corrected chi connectivity index (χ4v) is 2.93. The monoisotopic (exact) mass is 179 g/mol. The maximum atomic E-state index is 11.1. The van der Waals surface area contributed by atoms with Crippen LogP contribution in [0.2, 0.25) is 0 Å². The third kappa shape index (κ3) is 1.23. The van der Waals surface area contributed by atoms with Gasteiger partial charge in [0.2, 0.25) is 0 Å². The standard InChI is InChI=1S/C11H17NO/c13-10-3-7-12(8-4-10)11(5-6-11)9-1-2-9/h9H,1-8H2. The Labute approximate surface area is 79.3 Å². The molecule has 13 heavy (non-hydrogen) atoms. The highest BCUT2D eigenvalue weighted by Crippen LogP contribution is 2.57. The van der Waals surface area contributed by atoms with Crippen molar-refractivity contribution in [3.05, 3.63) is 0 Å². The first-order valence-corrected chi connectivity index (χ1v) is 5.58. The number of hydrogen-bond acceptors (Lipinski definition) is 2. The Morgan fingerprint density at radius 2 is 1.77 bits per heavy atom. The van der Waals surface area contributed by atoms with Gasteiger partial charge in [-0.25, -0.2) is 0 Å². The molecular weight excluding hydrogens is 162 g/mol. The van der Waals surface area contributed by atoms with Crippen molar-refractivity contribution in [1.82, 2.24) is 4.90 Å². The third-order valence-electron chi connectivity index (χ3n) is 4.05. The van der Waals surface area contributed by atoms with E-state index in [9.17, 15) is 4.79 Å². The van der Waals surface area contributed by atoms with Gasteiger partial charge in [0, 0.05) is 31.5 Å². The van der Waals surface area contributed by atoms with Gasteiger partial charge >= 0.3 is 0 Å². The van der Waals surface area contributed by atoms with Crippen molar-refractivity contribution in [2.75, 3.05) is 13.1 Å². The molecule has 0 aromatic heterocycles. The predicted octanol–water partition coefficient (Wildman–Crippen LogP) is 1.59. The van der Waals surface area contributed by atoms with E-state index in [4.69, 9.17) is 0 Å². The summed E-state index contributed by atoms with van der Waals surface area (Å²) in [5, 5.41) is 0. The normalized spacial score (nSPS) is 33.4. The van der Waals surface area contributed by atoms with Crippen LogP contribution in [-0.4, -0.2) is 29.3 Å². The fraction of sp³-hybridized carbons (Fsp3) is 0.909. The zero-order valence-electron chi connectivity index (χ0n) is 8.09. The van der Waals surface area contributed by atoms with Crippen LogP contribution >= 0.6 is 0 Å². The Hall–Kier alpha value is -0.370. The number of likely N-dealkylation sites (tertiary alicyclic amines) is 1. The van der Waals surface area contributed by atoms with E-state index in [0.29, 0.717) is 11.3 Å². The van der Waals surface area contributed by atoms with Crippen LogP contribution in [0.3, 0.4) is 0 Å². The molecule has 0 N–H and O–H groups in total. The minimum atomic E-state index is 0.475. The first-order chi connectivity index (χ1) is 6.31. The van der Waals surface area contributed by atoms with E-state index >= 15 is 0 Å². The van der Waals surface area contributed by atoms with E-state index in [0.717, 1.165) is 31.8 Å². The van der Waals surface area contributed by atoms with Gasteiger partial charge in [0.25, 0.3) is 0 Å². The molecule has 0 aromatic carbocycles. The van der Waals surface area contributed by atoms with Crippen molar-refractivity contribution >= 4 is 5.78 Å². The molecule has 72 valence electrons. The molecule has 2 heteroatoms. The molecule has 0 aromatic rings. The Morgan fingerprint density at radius 1 is 1.15 bits per heavy atom. The summed E-state index contributed by atoms with van der Waals surface area (Å²) in [4.78, 5) is 13.7. The lowest BCUT2D eigenvalue weighted by molar-refractivity contribution is -0.122. The van der Waals surface area contributed by atoms with Crippen molar-refractivity contribution in [2.45, 2.75) is 44.1 Å². The Morgan fingerprint density at radius 3 is 2.23 bits per heavy atom. The minimum absolute atomic E-state index is 0.475. The first-order valence-electron chi connectivity index (χ1n) is 5.58. The molecule has 0 bridgehead atoms. The summed E-state index contributed by atoms with van der Waals surface area (Å²) >= 11 is 0. The summed E-state index contributed by atoms with van der Waals surface area (Å²) in [5.41, 5.74) is 0.598. The molecule has 3 fully saturated rings. The summed E-state index contributed by atoms with van der Waals surface area (Å²) in [6.45, 7) is 2.10. The SMILES string of the molecule is O=C1CCN(C2(C3CC3)CC2)CC1. The van der Waals surface area contributed by atoms with Crippen LogP contribution in [0.15, 0.2) is 0 Å². The zero-order chi connectivity index (χ0) is 8.89. The lowest BCUT2D eigenvalue weighted by atomic mass is 10.0. The average molecular weight is 179 g/mol. The maximum Gasteiger partial charge on any atom is 0.135 e. The third-order valence-corrected chi connectivity index (χ3v) is 4.05. The van der Waals surface area contributed by atoms with Gasteiger partial charge in [-0.15, -0.1) is 0 Å². The lowest BCUT2D eigenvalue weighted by Crippen LogP contribution is -2.44. The van der Waals surface area contributed by atoms with E-state index in [1.54, 1.807) is 0 Å². The van der Waals surface area contributed by atoms with E-state index in [1.165, 1.54) is 25.7 Å². The highest BCUT2D eigenvalue weighted by atomic mass is 16.1. The molecule has 1 heterocycles. The molecule has 1 saturated heterocycles. The highest BCUT2D eigenvalue weighted by molar-refractivity contribution is 5.79. The molecular formula is C11H17NO. The highest BCUT2D eigenvalue weighted by Gasteiger charge is 2.57. The van der Waals surface area contributed by atoms with Gasteiger partial charge in [0.05, 0.1) is 0 Å². The lowest BCUT2D eigenvalue weighted by Gasteiger charge is -2.34. The number of carbonyl (C=O) groups is 1. The maximum absolute atomic E-state index is 11.1. The molecule has 2 saturated carbocycles. The predicted molar refractivity (Wildman–Crippen MR) is 50.5 cm³/mol. The fourth-order valence-electron chi connectivity index (χ4n) is 2.93. The van der Waals surface area contributed by atoms with Gasteiger partial charge < -0.3 is 0 Å². The van der Waals surface area contributed by atoms with Crippen molar-refractivity contribution in [2.24, 2.45) is 5.92 Å². The van der Waals surface area contributed by atoms with Crippen molar-refractivity contribution in [3.8, 4) is 0 Å². The van der Waals surface area contributed by atoms with E-state index in [-0.39, 0.29) is 0 Å². The number of rotatable bonds is 2. The molecule has 0 unspecified atom stereocenters. The smallest absolute Gasteiger partial charge is 0.135 e. The summed E-state index contributed by atoms with van der Waals surface area (Å²) in [5.74, 6) is 1.48. The molecule has 3 rings (SSSR count). The molecule has 0 radical (unpaired) electrons. The van der Waals surface area contributed by atoms with Gasteiger partial charge in [-0.3, -0.25) is 9.69 Å². The van der Waals surface area contributed by atoms with Crippen LogP contribution in [0, 0.1) is 5.92 Å². The van der Waals surface area contributed by atoms with E-state index in [1.807, 2.05) is 0 Å². The van der Waals surface area contributed by atoms with Crippen LogP contribution in [0.4, 0.5) is 0 Å². The molecule has 1 aliphatic heterocycles. The van der Waals surface area contributed by atoms with Gasteiger partial charge in [-0.1, -0.05) is 0 Å². The van der Waals surface area contributed by atoms with Gasteiger partial charge in [0.1, 0.15) is 5.78 Å². The number of ketones is 1. The number of Topliss-reactive ketones (excluding diaryl/α,β-unsaturated/α-hetero) is 1. The minimum Gasteiger partial charge on any atom is -0.300 e. The van der Waals surface area contributed by atoms with Crippen molar-refractivity contribution < 1.29 is 4.79 Å². The quantitative estimate of drug-likeness (QED) is 0.641. The molecule has 0 atom stereocenters. The van der Waals surface area contributed by atoms with Crippen LogP contribution in [0.1, 0.15) is 38.5 Å². The summed E-state index contributed by atoms with van der Waals surface area (Å²) < 4.78 is 0. The number of nitrogens with zero attached hydrogens (tertiary/aromatic N) is 1. The van der Waals surface area contributed by atoms with Gasteiger partial charge in [-0.05, 0) is 31.6 Å². The van der Waals surface area contributed by atoms with Crippen molar-refractivity contribution in [1.29, 1.82) is 0 Å². The zero-order valence-corrected chi connectivity index (χ0v) is 8.09. The van der Waals surface area contributed by atoms with E-state index in [2.05, 4.69) is 4.90 Å². The molecule has 3 aliphatic rings. The number of carbonyl (C=O) groups excluding carboxylic acids is 1. The Bertz CT molecular complexity index is 230. The topological polar surface area (TPSA) is 20.3 Å². The van der Waals surface area contributed by atoms with Gasteiger partial charge in [0.15, 0.2) is 0 Å². The van der Waals surface area contributed by atoms with Gasteiger partial charge in [-0.2, -0.15) is 0 Å². The summed E-state index contributed by atoms with van der Waals surface area (Å²) in [7, 11) is 0. The van der Waals surface area contributed by atoms with E-state index < -0.39 is 0 Å². The second-order valence-corrected chi connectivity index (χ2v) is 4.90. The van der Waals surface area contributed by atoms with Crippen LogP contribution in [-0.2, 0) is 4.79 Å². The molecule has 0 amide bonds. The Balaban J connectivity index is 1.68. The van der Waals surface area contributed by atoms with Crippen LogP contribution in [0.5, 0.6) is 0 Å².